The summed E-state index contributed by atoms with van der Waals surface area (Å²) in [4.78, 5) is 24.1. The lowest BCUT2D eigenvalue weighted by Crippen LogP contribution is -2.48. The lowest BCUT2D eigenvalue weighted by molar-refractivity contribution is -0.00519. The first kappa shape index (κ1) is 18.7. The van der Waals surface area contributed by atoms with Gasteiger partial charge in [0, 0.05) is 10.6 Å². The van der Waals surface area contributed by atoms with Gasteiger partial charge in [-0.15, -0.1) is 0 Å². The van der Waals surface area contributed by atoms with Gasteiger partial charge in [0.05, 0.1) is 11.3 Å². The molecule has 2 N–H and O–H groups in total. The Hall–Kier alpha value is -2.33. The fourth-order valence-electron chi connectivity index (χ4n) is 6.44. The van der Waals surface area contributed by atoms with Crippen LogP contribution in [0, 0.1) is 17.8 Å². The van der Waals surface area contributed by atoms with Crippen LogP contribution in [0.15, 0.2) is 42.5 Å². The second-order valence-electron chi connectivity index (χ2n) is 9.22. The molecule has 4 bridgehead atoms. The van der Waals surface area contributed by atoms with Gasteiger partial charge in [-0.25, -0.2) is 4.79 Å². The zero-order valence-electron chi connectivity index (χ0n) is 16.2. The molecule has 4 saturated carbocycles. The van der Waals surface area contributed by atoms with E-state index in [1.807, 2.05) is 12.1 Å². The highest BCUT2D eigenvalue weighted by atomic mass is 35.5. The fourth-order valence-corrected chi connectivity index (χ4v) is 6.61. The summed E-state index contributed by atoms with van der Waals surface area (Å²) in [5, 5.41) is 12.4. The summed E-state index contributed by atoms with van der Waals surface area (Å²) >= 11 is 5.88. The van der Waals surface area contributed by atoms with Crippen molar-refractivity contribution in [3.63, 3.8) is 0 Å². The van der Waals surface area contributed by atoms with Crippen molar-refractivity contribution in [1.29, 1.82) is 0 Å². The van der Waals surface area contributed by atoms with Crippen molar-refractivity contribution >= 4 is 29.2 Å². The lowest BCUT2D eigenvalue weighted by atomic mass is 9.48. The molecular weight excluding hydrogens is 386 g/mol. The molecule has 4 aliphatic rings. The van der Waals surface area contributed by atoms with Gasteiger partial charge >= 0.3 is 5.97 Å². The number of benzene rings is 2. The van der Waals surface area contributed by atoms with E-state index in [0.29, 0.717) is 16.0 Å². The Morgan fingerprint density at radius 2 is 1.52 bits per heavy atom. The first-order valence-corrected chi connectivity index (χ1v) is 10.7. The summed E-state index contributed by atoms with van der Waals surface area (Å²) < 4.78 is 0. The summed E-state index contributed by atoms with van der Waals surface area (Å²) in [5.41, 5.74) is 2.43. The SMILES string of the molecule is O=C(Nc1ccc(Cl)cc1C(=O)O)c1ccc(C23CC4CC(CC(C4)C2)C3)cc1. The van der Waals surface area contributed by atoms with Crippen molar-refractivity contribution in [2.75, 3.05) is 5.32 Å². The average molecular weight is 410 g/mol. The first-order valence-electron chi connectivity index (χ1n) is 10.4. The topological polar surface area (TPSA) is 66.4 Å². The van der Waals surface area contributed by atoms with Crippen LogP contribution in [0.1, 0.15) is 64.8 Å². The van der Waals surface area contributed by atoms with Crippen LogP contribution in [0.25, 0.3) is 0 Å². The van der Waals surface area contributed by atoms with E-state index in [2.05, 4.69) is 17.4 Å². The van der Waals surface area contributed by atoms with E-state index in [4.69, 9.17) is 11.6 Å². The van der Waals surface area contributed by atoms with Gasteiger partial charge in [0.25, 0.3) is 5.91 Å². The molecule has 5 heteroatoms. The number of hydrogen-bond donors (Lipinski definition) is 2. The number of hydrogen-bond acceptors (Lipinski definition) is 2. The molecule has 0 aliphatic heterocycles. The number of aromatic carboxylic acids is 1. The fraction of sp³-hybridized carbons (Fsp3) is 0.417. The van der Waals surface area contributed by atoms with Crippen molar-refractivity contribution < 1.29 is 14.7 Å². The van der Waals surface area contributed by atoms with Crippen LogP contribution in [0.2, 0.25) is 5.02 Å². The van der Waals surface area contributed by atoms with Crippen LogP contribution in [0.5, 0.6) is 0 Å². The van der Waals surface area contributed by atoms with Crippen LogP contribution >= 0.6 is 11.6 Å². The number of carboxylic acid groups (broad SMARTS) is 1. The Morgan fingerprint density at radius 1 is 0.931 bits per heavy atom. The summed E-state index contributed by atoms with van der Waals surface area (Å²) in [6.07, 6.45) is 8.10. The number of nitrogens with one attached hydrogen (secondary N) is 1. The Balaban J connectivity index is 1.36. The van der Waals surface area contributed by atoms with Gasteiger partial charge in [0.15, 0.2) is 0 Å². The largest absolute Gasteiger partial charge is 0.478 e. The Labute approximate surface area is 175 Å². The maximum Gasteiger partial charge on any atom is 0.337 e. The van der Waals surface area contributed by atoms with E-state index in [1.54, 1.807) is 6.07 Å². The number of carboxylic acids is 1. The third-order valence-electron chi connectivity index (χ3n) is 7.26. The molecule has 0 saturated heterocycles. The quantitative estimate of drug-likeness (QED) is 0.674. The Kier molecular flexibility index (Phi) is 4.43. The molecule has 0 heterocycles. The predicted molar refractivity (Wildman–Crippen MR) is 113 cm³/mol. The second-order valence-corrected chi connectivity index (χ2v) is 9.66. The average Bonchev–Trinajstić information content (AvgIpc) is 2.68. The second kappa shape index (κ2) is 6.88. The highest BCUT2D eigenvalue weighted by molar-refractivity contribution is 6.31. The van der Waals surface area contributed by atoms with E-state index in [0.717, 1.165) is 17.8 Å². The van der Waals surface area contributed by atoms with Crippen molar-refractivity contribution in [3.05, 3.63) is 64.2 Å². The summed E-state index contributed by atoms with van der Waals surface area (Å²) in [5.74, 6) is 1.20. The van der Waals surface area contributed by atoms with E-state index in [-0.39, 0.29) is 17.2 Å². The van der Waals surface area contributed by atoms with Crippen LogP contribution in [-0.4, -0.2) is 17.0 Å². The highest BCUT2D eigenvalue weighted by Crippen LogP contribution is 2.60. The monoisotopic (exact) mass is 409 g/mol. The van der Waals surface area contributed by atoms with Gasteiger partial charge in [-0.1, -0.05) is 23.7 Å². The molecule has 1 amide bonds. The molecule has 0 radical (unpaired) electrons. The minimum absolute atomic E-state index is 0.0176. The maximum atomic E-state index is 12.7. The highest BCUT2D eigenvalue weighted by Gasteiger charge is 2.51. The van der Waals surface area contributed by atoms with Crippen molar-refractivity contribution in [3.8, 4) is 0 Å². The molecule has 2 aromatic rings. The molecule has 150 valence electrons. The molecule has 6 rings (SSSR count). The Bertz CT molecular complexity index is 947. The van der Waals surface area contributed by atoms with Crippen molar-refractivity contribution in [1.82, 2.24) is 0 Å². The summed E-state index contributed by atoms with van der Waals surface area (Å²) in [6, 6.07) is 12.4. The van der Waals surface area contributed by atoms with Crippen LogP contribution in [0.4, 0.5) is 5.69 Å². The molecule has 0 aromatic heterocycles. The number of halogens is 1. The van der Waals surface area contributed by atoms with E-state index < -0.39 is 5.97 Å². The molecular formula is C24H24ClNO3. The molecule has 29 heavy (non-hydrogen) atoms. The maximum absolute atomic E-state index is 12.7. The molecule has 2 aromatic carbocycles. The third kappa shape index (κ3) is 3.33. The van der Waals surface area contributed by atoms with E-state index in [9.17, 15) is 14.7 Å². The summed E-state index contributed by atoms with van der Waals surface area (Å²) in [7, 11) is 0. The number of carbonyl (C=O) groups is 2. The zero-order valence-corrected chi connectivity index (χ0v) is 16.9. The number of anilines is 1. The minimum Gasteiger partial charge on any atom is -0.478 e. The number of amides is 1. The van der Waals surface area contributed by atoms with Gasteiger partial charge in [-0.05, 0) is 97.6 Å². The van der Waals surface area contributed by atoms with Crippen molar-refractivity contribution in [2.24, 2.45) is 17.8 Å². The van der Waals surface area contributed by atoms with Crippen molar-refractivity contribution in [2.45, 2.75) is 43.9 Å². The van der Waals surface area contributed by atoms with E-state index in [1.165, 1.54) is 56.2 Å². The molecule has 4 aliphatic carbocycles. The minimum atomic E-state index is -1.13. The standard InChI is InChI=1S/C24H24ClNO3/c25-19-5-6-21(20(10-19)23(28)29)26-22(27)17-1-3-18(4-2-17)24-11-14-7-15(12-24)9-16(8-14)13-24/h1-6,10,14-16H,7-9,11-13H2,(H,26,27)(H,28,29). The van der Waals surface area contributed by atoms with Gasteiger partial charge in [-0.3, -0.25) is 4.79 Å². The molecule has 0 atom stereocenters. The van der Waals surface area contributed by atoms with Gasteiger partial charge < -0.3 is 10.4 Å². The van der Waals surface area contributed by atoms with Gasteiger partial charge in [-0.2, -0.15) is 0 Å². The Morgan fingerprint density at radius 3 is 2.07 bits per heavy atom. The molecule has 4 nitrogen and oxygen atoms in total. The number of carbonyl (C=O) groups excluding carboxylic acids is 1. The van der Waals surface area contributed by atoms with Crippen LogP contribution in [-0.2, 0) is 5.41 Å². The molecule has 0 unspecified atom stereocenters. The third-order valence-corrected chi connectivity index (χ3v) is 7.49. The van der Waals surface area contributed by atoms with E-state index >= 15 is 0 Å². The molecule has 4 fully saturated rings. The predicted octanol–water partition coefficient (Wildman–Crippen LogP) is 5.76. The van der Waals surface area contributed by atoms with Crippen LogP contribution < -0.4 is 5.32 Å². The zero-order chi connectivity index (χ0) is 20.2. The summed E-state index contributed by atoms with van der Waals surface area (Å²) in [6.45, 7) is 0. The normalized spacial score (nSPS) is 29.6. The smallest absolute Gasteiger partial charge is 0.337 e. The molecule has 0 spiro atoms. The number of rotatable bonds is 4. The van der Waals surface area contributed by atoms with Gasteiger partial charge in [0.2, 0.25) is 0 Å². The lowest BCUT2D eigenvalue weighted by Gasteiger charge is -2.57. The first-order chi connectivity index (χ1) is 13.9. The van der Waals surface area contributed by atoms with Crippen LogP contribution in [0.3, 0.4) is 0 Å². The van der Waals surface area contributed by atoms with Gasteiger partial charge in [0.1, 0.15) is 0 Å².